The van der Waals surface area contributed by atoms with Crippen molar-refractivity contribution in [3.8, 4) is 0 Å². The molecule has 90 valence electrons. The Hall–Kier alpha value is -1.24. The third kappa shape index (κ3) is 3.41. The minimum atomic E-state index is 0.151. The highest BCUT2D eigenvalue weighted by molar-refractivity contribution is 7.99. The van der Waals surface area contributed by atoms with E-state index in [1.54, 1.807) is 35.3 Å². The molecule has 1 amide bonds. The average molecular weight is 243 g/mol. The van der Waals surface area contributed by atoms with Crippen LogP contribution in [0.1, 0.15) is 12.8 Å². The standard InChI is InChI=1S/C9H17N5OS/c1-13(2)7(15)5-4-6-16-9-12-11-8(10)14(9)3/h4-6H2,1-3H3,(H2,10,11). The second-order valence-corrected chi connectivity index (χ2v) is 4.70. The maximum Gasteiger partial charge on any atom is 0.222 e. The van der Waals surface area contributed by atoms with E-state index in [4.69, 9.17) is 5.73 Å². The van der Waals surface area contributed by atoms with E-state index in [1.807, 2.05) is 7.05 Å². The zero-order chi connectivity index (χ0) is 12.1. The summed E-state index contributed by atoms with van der Waals surface area (Å²) in [7, 11) is 5.35. The van der Waals surface area contributed by atoms with Crippen molar-refractivity contribution in [3.63, 3.8) is 0 Å². The molecule has 0 aliphatic rings. The monoisotopic (exact) mass is 243 g/mol. The summed E-state index contributed by atoms with van der Waals surface area (Å²) in [6, 6.07) is 0. The topological polar surface area (TPSA) is 77.0 Å². The lowest BCUT2D eigenvalue weighted by molar-refractivity contribution is -0.128. The number of thioether (sulfide) groups is 1. The molecule has 6 nitrogen and oxygen atoms in total. The zero-order valence-electron chi connectivity index (χ0n) is 9.80. The smallest absolute Gasteiger partial charge is 0.222 e. The van der Waals surface area contributed by atoms with E-state index in [1.165, 1.54) is 0 Å². The minimum Gasteiger partial charge on any atom is -0.368 e. The summed E-state index contributed by atoms with van der Waals surface area (Å²) in [6.45, 7) is 0. The number of nitrogens with zero attached hydrogens (tertiary/aromatic N) is 4. The molecule has 0 saturated heterocycles. The predicted molar refractivity (Wildman–Crippen MR) is 64.1 cm³/mol. The molecule has 0 saturated carbocycles. The van der Waals surface area contributed by atoms with Crippen LogP contribution < -0.4 is 5.73 Å². The van der Waals surface area contributed by atoms with Crippen molar-refractivity contribution >= 4 is 23.6 Å². The molecule has 0 aliphatic heterocycles. The first kappa shape index (κ1) is 12.8. The lowest BCUT2D eigenvalue weighted by Crippen LogP contribution is -2.21. The molecule has 0 spiro atoms. The van der Waals surface area contributed by atoms with Crippen molar-refractivity contribution in [2.24, 2.45) is 7.05 Å². The Balaban J connectivity index is 2.26. The van der Waals surface area contributed by atoms with Gasteiger partial charge in [0.2, 0.25) is 11.9 Å². The van der Waals surface area contributed by atoms with Crippen LogP contribution in [-0.4, -0.2) is 45.4 Å². The van der Waals surface area contributed by atoms with Crippen molar-refractivity contribution in [2.75, 3.05) is 25.6 Å². The molecule has 1 aromatic rings. The van der Waals surface area contributed by atoms with Crippen molar-refractivity contribution in [3.05, 3.63) is 0 Å². The van der Waals surface area contributed by atoms with Gasteiger partial charge in [0.15, 0.2) is 5.16 Å². The number of carbonyl (C=O) groups is 1. The Kier molecular flexibility index (Phi) is 4.60. The molecule has 1 aromatic heterocycles. The highest BCUT2D eigenvalue weighted by atomic mass is 32.2. The number of rotatable bonds is 5. The Bertz CT molecular complexity index is 363. The van der Waals surface area contributed by atoms with E-state index in [0.29, 0.717) is 12.4 Å². The summed E-state index contributed by atoms with van der Waals surface area (Å²) in [6.07, 6.45) is 1.39. The Morgan fingerprint density at radius 1 is 1.50 bits per heavy atom. The van der Waals surface area contributed by atoms with Gasteiger partial charge in [-0.05, 0) is 6.42 Å². The van der Waals surface area contributed by atoms with Crippen molar-refractivity contribution in [2.45, 2.75) is 18.0 Å². The molecular formula is C9H17N5OS. The van der Waals surface area contributed by atoms with E-state index in [-0.39, 0.29) is 5.91 Å². The number of amides is 1. The van der Waals surface area contributed by atoms with Crippen LogP contribution in [0.5, 0.6) is 0 Å². The molecule has 0 aliphatic carbocycles. The maximum atomic E-state index is 11.3. The molecular weight excluding hydrogens is 226 g/mol. The van der Waals surface area contributed by atoms with Crippen molar-refractivity contribution in [1.82, 2.24) is 19.7 Å². The molecule has 0 atom stereocenters. The highest BCUT2D eigenvalue weighted by Crippen LogP contribution is 2.17. The lowest BCUT2D eigenvalue weighted by Gasteiger charge is -2.09. The van der Waals surface area contributed by atoms with Crippen LogP contribution in [0.15, 0.2) is 5.16 Å². The van der Waals surface area contributed by atoms with E-state index >= 15 is 0 Å². The summed E-state index contributed by atoms with van der Waals surface area (Å²) < 4.78 is 1.73. The maximum absolute atomic E-state index is 11.3. The van der Waals surface area contributed by atoms with E-state index in [2.05, 4.69) is 10.2 Å². The normalized spacial score (nSPS) is 10.4. The molecule has 0 unspecified atom stereocenters. The number of aromatic nitrogens is 3. The van der Waals surface area contributed by atoms with Gasteiger partial charge in [-0.15, -0.1) is 10.2 Å². The summed E-state index contributed by atoms with van der Waals surface area (Å²) in [4.78, 5) is 12.9. The van der Waals surface area contributed by atoms with E-state index in [9.17, 15) is 4.79 Å². The molecule has 0 aromatic carbocycles. The molecule has 0 fully saturated rings. The Morgan fingerprint density at radius 3 is 2.69 bits per heavy atom. The predicted octanol–water partition coefficient (Wildman–Crippen LogP) is 0.358. The van der Waals surface area contributed by atoms with E-state index < -0.39 is 0 Å². The van der Waals surface area contributed by atoms with Gasteiger partial charge in [0.1, 0.15) is 0 Å². The number of hydrogen-bond acceptors (Lipinski definition) is 5. The van der Waals surface area contributed by atoms with Gasteiger partial charge < -0.3 is 10.6 Å². The quantitative estimate of drug-likeness (QED) is 0.597. The summed E-state index contributed by atoms with van der Waals surface area (Å²) in [5.41, 5.74) is 5.55. The SMILES string of the molecule is CN(C)C(=O)CCCSc1nnc(N)n1C. The highest BCUT2D eigenvalue weighted by Gasteiger charge is 2.07. The van der Waals surface area contributed by atoms with Gasteiger partial charge in [-0.25, -0.2) is 0 Å². The van der Waals surface area contributed by atoms with Gasteiger partial charge in [0, 0.05) is 33.3 Å². The molecule has 16 heavy (non-hydrogen) atoms. The van der Waals surface area contributed by atoms with Crippen molar-refractivity contribution in [1.29, 1.82) is 0 Å². The van der Waals surface area contributed by atoms with Crippen molar-refractivity contribution < 1.29 is 4.79 Å². The first-order valence-corrected chi connectivity index (χ1v) is 5.98. The second-order valence-electron chi connectivity index (χ2n) is 3.64. The van der Waals surface area contributed by atoms with Crippen LogP contribution in [0.25, 0.3) is 0 Å². The third-order valence-corrected chi connectivity index (χ3v) is 3.24. The third-order valence-electron chi connectivity index (χ3n) is 2.13. The summed E-state index contributed by atoms with van der Waals surface area (Å²) >= 11 is 1.56. The lowest BCUT2D eigenvalue weighted by atomic mass is 10.3. The zero-order valence-corrected chi connectivity index (χ0v) is 10.6. The second kappa shape index (κ2) is 5.74. The van der Waals surface area contributed by atoms with Gasteiger partial charge in [-0.3, -0.25) is 9.36 Å². The Labute approximate surface area is 99.2 Å². The first-order chi connectivity index (χ1) is 7.52. The van der Waals surface area contributed by atoms with Crippen LogP contribution in [-0.2, 0) is 11.8 Å². The molecule has 0 bridgehead atoms. The fourth-order valence-corrected chi connectivity index (χ4v) is 1.92. The number of hydrogen-bond donors (Lipinski definition) is 1. The fourth-order valence-electron chi connectivity index (χ4n) is 1.06. The molecule has 7 heteroatoms. The van der Waals surface area contributed by atoms with Crippen LogP contribution in [0.3, 0.4) is 0 Å². The largest absolute Gasteiger partial charge is 0.368 e. The number of carbonyl (C=O) groups excluding carboxylic acids is 1. The molecule has 2 N–H and O–H groups in total. The summed E-state index contributed by atoms with van der Waals surface area (Å²) in [5, 5.41) is 8.46. The molecule has 1 rings (SSSR count). The molecule has 0 radical (unpaired) electrons. The first-order valence-electron chi connectivity index (χ1n) is 5.00. The average Bonchev–Trinajstić information content (AvgIpc) is 2.55. The van der Waals surface area contributed by atoms with E-state index in [0.717, 1.165) is 17.3 Å². The summed E-state index contributed by atoms with van der Waals surface area (Å²) in [5.74, 6) is 1.40. The fraction of sp³-hybridized carbons (Fsp3) is 0.667. The van der Waals surface area contributed by atoms with Gasteiger partial charge >= 0.3 is 0 Å². The van der Waals surface area contributed by atoms with Gasteiger partial charge in [-0.1, -0.05) is 11.8 Å². The van der Waals surface area contributed by atoms with Crippen LogP contribution in [0.2, 0.25) is 0 Å². The van der Waals surface area contributed by atoms with Gasteiger partial charge in [0.05, 0.1) is 0 Å². The number of anilines is 1. The van der Waals surface area contributed by atoms with Gasteiger partial charge in [-0.2, -0.15) is 0 Å². The van der Waals surface area contributed by atoms with Crippen LogP contribution in [0, 0.1) is 0 Å². The minimum absolute atomic E-state index is 0.151. The van der Waals surface area contributed by atoms with Crippen LogP contribution >= 0.6 is 11.8 Å². The number of nitrogens with two attached hydrogens (primary N) is 1. The Morgan fingerprint density at radius 2 is 2.19 bits per heavy atom. The molecule has 1 heterocycles. The number of nitrogen functional groups attached to an aromatic ring is 1. The van der Waals surface area contributed by atoms with Crippen LogP contribution in [0.4, 0.5) is 5.95 Å². The van der Waals surface area contributed by atoms with Gasteiger partial charge in [0.25, 0.3) is 0 Å².